The summed E-state index contributed by atoms with van der Waals surface area (Å²) in [5.41, 5.74) is 1.80. The molecule has 176 valence electrons. The van der Waals surface area contributed by atoms with Gasteiger partial charge in [0, 0.05) is 38.9 Å². The summed E-state index contributed by atoms with van der Waals surface area (Å²) in [6.07, 6.45) is 0.378. The van der Waals surface area contributed by atoms with Crippen molar-refractivity contribution in [2.75, 3.05) is 43.0 Å². The van der Waals surface area contributed by atoms with Gasteiger partial charge in [0.15, 0.2) is 0 Å². The Kier molecular flexibility index (Phi) is 6.37. The average molecular weight is 455 g/mol. The van der Waals surface area contributed by atoms with E-state index in [4.69, 9.17) is 9.84 Å². The second kappa shape index (κ2) is 9.22. The first kappa shape index (κ1) is 22.8. The Bertz CT molecular complexity index is 1000. The predicted octanol–water partition coefficient (Wildman–Crippen LogP) is 3.18. The summed E-state index contributed by atoms with van der Waals surface area (Å²) < 4.78 is 5.18. The highest BCUT2D eigenvalue weighted by atomic mass is 16.6. The summed E-state index contributed by atoms with van der Waals surface area (Å²) in [6, 6.07) is 10.0. The zero-order valence-corrected chi connectivity index (χ0v) is 19.2. The zero-order chi connectivity index (χ0) is 23.6. The van der Waals surface area contributed by atoms with Crippen molar-refractivity contribution in [3.63, 3.8) is 0 Å². The molecule has 0 unspecified atom stereocenters. The third-order valence-corrected chi connectivity index (χ3v) is 6.08. The first-order valence-electron chi connectivity index (χ1n) is 11.1. The quantitative estimate of drug-likeness (QED) is 0.685. The van der Waals surface area contributed by atoms with Gasteiger partial charge in [-0.25, -0.2) is 14.6 Å². The number of cyclic esters (lactones) is 1. The van der Waals surface area contributed by atoms with Gasteiger partial charge in [-0.3, -0.25) is 9.80 Å². The van der Waals surface area contributed by atoms with E-state index in [1.165, 1.54) is 10.5 Å². The molecule has 0 radical (unpaired) electrons. The number of piperazine rings is 1. The summed E-state index contributed by atoms with van der Waals surface area (Å²) in [6.45, 7) is 9.57. The Morgan fingerprint density at radius 1 is 1.18 bits per heavy atom. The van der Waals surface area contributed by atoms with Gasteiger partial charge in [0.05, 0.1) is 11.6 Å². The molecule has 0 aliphatic carbocycles. The lowest BCUT2D eigenvalue weighted by atomic mass is 10.1. The van der Waals surface area contributed by atoms with Crippen molar-refractivity contribution in [3.8, 4) is 0 Å². The van der Waals surface area contributed by atoms with Gasteiger partial charge in [0.25, 0.3) is 0 Å². The average Bonchev–Trinajstić information content (AvgIpc) is 3.07. The van der Waals surface area contributed by atoms with Gasteiger partial charge < -0.3 is 20.1 Å². The largest absolute Gasteiger partial charge is 0.465 e. The third-order valence-electron chi connectivity index (χ3n) is 6.08. The molecule has 1 atom stereocenters. The van der Waals surface area contributed by atoms with Gasteiger partial charge >= 0.3 is 12.2 Å². The van der Waals surface area contributed by atoms with Crippen LogP contribution in [0.2, 0.25) is 0 Å². The molecule has 2 N–H and O–H groups in total. The van der Waals surface area contributed by atoms with Gasteiger partial charge in [-0.2, -0.15) is 4.98 Å². The molecule has 0 spiro atoms. The number of rotatable bonds is 6. The van der Waals surface area contributed by atoms with E-state index in [1.54, 1.807) is 17.2 Å². The number of hydrogen-bond acceptors (Lipinski definition) is 7. The van der Waals surface area contributed by atoms with Crippen LogP contribution in [0.25, 0.3) is 0 Å². The highest BCUT2D eigenvalue weighted by Gasteiger charge is 2.41. The fourth-order valence-electron chi connectivity index (χ4n) is 4.11. The maximum absolute atomic E-state index is 12.2. The molecule has 10 nitrogen and oxygen atoms in total. The summed E-state index contributed by atoms with van der Waals surface area (Å²) in [5, 5.41) is 12.4. The highest BCUT2D eigenvalue weighted by molar-refractivity contribution is 5.90. The lowest BCUT2D eigenvalue weighted by Gasteiger charge is -2.33. The lowest BCUT2D eigenvalue weighted by molar-refractivity contribution is 0.103. The molecule has 2 aromatic rings. The molecule has 0 bridgehead atoms. The van der Waals surface area contributed by atoms with Crippen molar-refractivity contribution in [1.82, 2.24) is 19.8 Å². The van der Waals surface area contributed by atoms with Crippen LogP contribution in [-0.2, 0) is 11.3 Å². The number of anilines is 2. The van der Waals surface area contributed by atoms with Crippen molar-refractivity contribution < 1.29 is 19.4 Å². The fourth-order valence-corrected chi connectivity index (χ4v) is 4.11. The van der Waals surface area contributed by atoms with Crippen LogP contribution in [0.4, 0.5) is 21.4 Å². The summed E-state index contributed by atoms with van der Waals surface area (Å²) in [5.74, 6) is 0.946. The third kappa shape index (κ3) is 5.16. The maximum atomic E-state index is 12.2. The van der Waals surface area contributed by atoms with Crippen molar-refractivity contribution >= 4 is 24.0 Å². The molecule has 2 amide bonds. The summed E-state index contributed by atoms with van der Waals surface area (Å²) in [4.78, 5) is 37.3. The van der Waals surface area contributed by atoms with Gasteiger partial charge in [-0.15, -0.1) is 0 Å². The van der Waals surface area contributed by atoms with Crippen LogP contribution in [0.15, 0.2) is 36.5 Å². The Labute approximate surface area is 193 Å². The van der Waals surface area contributed by atoms with Crippen LogP contribution in [0, 0.1) is 0 Å². The van der Waals surface area contributed by atoms with E-state index in [-0.39, 0.29) is 6.04 Å². The molecule has 2 fully saturated rings. The Morgan fingerprint density at radius 3 is 2.48 bits per heavy atom. The van der Waals surface area contributed by atoms with Crippen LogP contribution in [0.3, 0.4) is 0 Å². The highest BCUT2D eigenvalue weighted by Crippen LogP contribution is 2.29. The van der Waals surface area contributed by atoms with E-state index in [9.17, 15) is 9.59 Å². The smallest absolute Gasteiger partial charge is 0.416 e. The molecule has 2 saturated heterocycles. The van der Waals surface area contributed by atoms with E-state index in [0.29, 0.717) is 31.5 Å². The number of carbonyl (C=O) groups is 2. The molecular formula is C23H30N6O4. The number of nitrogens with zero attached hydrogens (tertiary/aromatic N) is 5. The van der Waals surface area contributed by atoms with Crippen LogP contribution in [0.5, 0.6) is 0 Å². The van der Waals surface area contributed by atoms with Crippen molar-refractivity contribution in [3.05, 3.63) is 47.7 Å². The molecular weight excluding hydrogens is 424 g/mol. The maximum Gasteiger partial charge on any atom is 0.416 e. The zero-order valence-electron chi connectivity index (χ0n) is 19.2. The standard InChI is InChI=1S/C23H30N6O4/c1-16(25-20-24-9-8-19(26-20)29-22(32)33-15-23(29,2)3)18-6-4-17(5-7-18)14-27-10-12-28(13-11-27)21(30)31/h4-9,16H,10-15H2,1-3H3,(H,30,31)(H,24,25,26)/t16-/m0/s1. The number of hydrogen-bond donors (Lipinski definition) is 2. The van der Waals surface area contributed by atoms with Gasteiger partial charge in [0.2, 0.25) is 5.95 Å². The molecule has 2 aliphatic heterocycles. The van der Waals surface area contributed by atoms with Crippen molar-refractivity contribution in [2.24, 2.45) is 0 Å². The molecule has 3 heterocycles. The second-order valence-electron chi connectivity index (χ2n) is 9.09. The molecule has 10 heteroatoms. The number of nitrogens with one attached hydrogen (secondary N) is 1. The number of carboxylic acid groups (broad SMARTS) is 1. The van der Waals surface area contributed by atoms with Crippen LogP contribution in [-0.4, -0.2) is 75.4 Å². The van der Waals surface area contributed by atoms with Crippen LogP contribution >= 0.6 is 0 Å². The Morgan fingerprint density at radius 2 is 1.88 bits per heavy atom. The van der Waals surface area contributed by atoms with E-state index in [1.807, 2.05) is 20.8 Å². The topological polar surface area (TPSA) is 111 Å². The number of ether oxygens (including phenoxy) is 1. The lowest BCUT2D eigenvalue weighted by Crippen LogP contribution is -2.47. The van der Waals surface area contributed by atoms with Gasteiger partial charge in [0.1, 0.15) is 12.4 Å². The molecule has 0 saturated carbocycles. The minimum atomic E-state index is -0.848. The van der Waals surface area contributed by atoms with Crippen LogP contribution in [0.1, 0.15) is 37.9 Å². The SMILES string of the molecule is C[C@H](Nc1nccc(N2C(=O)OCC2(C)C)n1)c1ccc(CN2CCN(C(=O)O)CC2)cc1. The van der Waals surface area contributed by atoms with E-state index >= 15 is 0 Å². The fraction of sp³-hybridized carbons (Fsp3) is 0.478. The minimum Gasteiger partial charge on any atom is -0.465 e. The number of benzene rings is 1. The molecule has 2 aliphatic rings. The Balaban J connectivity index is 1.36. The number of carbonyl (C=O) groups excluding carboxylic acids is 1. The molecule has 1 aromatic carbocycles. The normalized spacial score (nSPS) is 19.3. The summed E-state index contributed by atoms with van der Waals surface area (Å²) >= 11 is 0. The van der Waals surface area contributed by atoms with E-state index < -0.39 is 17.7 Å². The van der Waals surface area contributed by atoms with Crippen LogP contribution < -0.4 is 10.2 Å². The molecule has 33 heavy (non-hydrogen) atoms. The van der Waals surface area contributed by atoms with E-state index in [0.717, 1.165) is 25.2 Å². The predicted molar refractivity (Wildman–Crippen MR) is 123 cm³/mol. The number of amides is 2. The molecule has 4 rings (SSSR count). The van der Waals surface area contributed by atoms with E-state index in [2.05, 4.69) is 44.5 Å². The second-order valence-corrected chi connectivity index (χ2v) is 9.09. The van der Waals surface area contributed by atoms with Crippen molar-refractivity contribution in [1.29, 1.82) is 0 Å². The first-order valence-corrected chi connectivity index (χ1v) is 11.1. The summed E-state index contributed by atoms with van der Waals surface area (Å²) in [7, 11) is 0. The van der Waals surface area contributed by atoms with Gasteiger partial charge in [-0.05, 0) is 38.0 Å². The molecule has 1 aromatic heterocycles. The van der Waals surface area contributed by atoms with Gasteiger partial charge in [-0.1, -0.05) is 24.3 Å². The monoisotopic (exact) mass is 454 g/mol. The van der Waals surface area contributed by atoms with Crippen molar-refractivity contribution in [2.45, 2.75) is 38.9 Å². The Hall–Kier alpha value is -3.40. The number of aromatic nitrogens is 2. The minimum absolute atomic E-state index is 0.0352. The first-order chi connectivity index (χ1) is 15.7.